The lowest BCUT2D eigenvalue weighted by Crippen LogP contribution is -2.10. The fraction of sp³-hybridized carbons (Fsp3) is 0.600. The van der Waals surface area contributed by atoms with Gasteiger partial charge in [0.15, 0.2) is 0 Å². The molecule has 0 aliphatic heterocycles. The molecule has 0 aromatic heterocycles. The minimum Gasteiger partial charge on any atom is -0.333 e. The van der Waals surface area contributed by atoms with Gasteiger partial charge in [-0.25, -0.2) is 4.79 Å². The molecule has 0 unspecified atom stereocenters. The zero-order valence-electron chi connectivity index (χ0n) is 5.55. The lowest BCUT2D eigenvalue weighted by atomic mass is 10.3. The van der Waals surface area contributed by atoms with Crippen molar-refractivity contribution in [3.05, 3.63) is 0 Å². The Labute approximate surface area is 53.7 Å². The number of oxime groups is 1. The van der Waals surface area contributed by atoms with Gasteiger partial charge in [0.25, 0.3) is 0 Å². The molecule has 0 heterocycles. The van der Waals surface area contributed by atoms with E-state index in [1.165, 1.54) is 0 Å². The molecule has 0 radical (unpaired) electrons. The summed E-state index contributed by atoms with van der Waals surface area (Å²) in [5.74, 6) is 0. The summed E-state index contributed by atoms with van der Waals surface area (Å²) in [7, 11) is 0. The van der Waals surface area contributed by atoms with E-state index in [1.807, 2.05) is 6.92 Å². The maximum atomic E-state index is 9.91. The Balaban J connectivity index is 3.56. The second-order valence-corrected chi connectivity index (χ2v) is 1.59. The predicted octanol–water partition coefficient (Wildman–Crippen LogP) is 0.868. The molecule has 0 aliphatic carbocycles. The number of hydrogen-bond acceptors (Lipinski definition) is 3. The number of nitrogens with zero attached hydrogens (tertiary/aromatic N) is 1. The van der Waals surface area contributed by atoms with Crippen LogP contribution < -0.4 is 5.73 Å². The quantitative estimate of drug-likeness (QED) is 0.342. The summed E-state index contributed by atoms with van der Waals surface area (Å²) in [5.41, 5.74) is 5.37. The number of carbonyl (C=O) groups excluding carboxylic acids is 1. The molecule has 0 saturated heterocycles. The number of rotatable bonds is 2. The molecule has 0 aromatic rings. The van der Waals surface area contributed by atoms with Crippen molar-refractivity contribution in [3.8, 4) is 0 Å². The molecule has 0 spiro atoms. The standard InChI is InChI=1S/C5H10N2O2/c1-3-4(2)7-9-5(6)8/h3H2,1-2H3,(H2,6,8). The van der Waals surface area contributed by atoms with Gasteiger partial charge < -0.3 is 5.73 Å². The lowest BCUT2D eigenvalue weighted by Gasteiger charge is -1.91. The lowest BCUT2D eigenvalue weighted by molar-refractivity contribution is 0.161. The van der Waals surface area contributed by atoms with Crippen LogP contribution in [0.5, 0.6) is 0 Å². The van der Waals surface area contributed by atoms with E-state index in [0.29, 0.717) is 0 Å². The van der Waals surface area contributed by atoms with Crippen LogP contribution >= 0.6 is 0 Å². The van der Waals surface area contributed by atoms with Crippen LogP contribution in [0.3, 0.4) is 0 Å². The van der Waals surface area contributed by atoms with Gasteiger partial charge >= 0.3 is 6.09 Å². The van der Waals surface area contributed by atoms with Crippen molar-refractivity contribution in [3.63, 3.8) is 0 Å². The topological polar surface area (TPSA) is 64.7 Å². The molecule has 2 N–H and O–H groups in total. The van der Waals surface area contributed by atoms with Crippen molar-refractivity contribution in [1.29, 1.82) is 0 Å². The first kappa shape index (κ1) is 7.94. The molecule has 0 rings (SSSR count). The van der Waals surface area contributed by atoms with Crippen LogP contribution in [0.2, 0.25) is 0 Å². The van der Waals surface area contributed by atoms with Gasteiger partial charge in [0.2, 0.25) is 0 Å². The van der Waals surface area contributed by atoms with Crippen molar-refractivity contribution in [1.82, 2.24) is 0 Å². The summed E-state index contributed by atoms with van der Waals surface area (Å²) in [5, 5.41) is 3.38. The maximum Gasteiger partial charge on any atom is 0.430 e. The molecule has 1 amide bonds. The number of amides is 1. The Kier molecular flexibility index (Phi) is 3.43. The fourth-order valence-electron chi connectivity index (χ4n) is 0.187. The number of primary amides is 1. The highest BCUT2D eigenvalue weighted by Crippen LogP contribution is 1.84. The zero-order valence-corrected chi connectivity index (χ0v) is 5.55. The van der Waals surface area contributed by atoms with Crippen molar-refractivity contribution in [2.75, 3.05) is 0 Å². The minimum absolute atomic E-state index is 0.744. The van der Waals surface area contributed by atoms with Gasteiger partial charge in [0.1, 0.15) is 0 Å². The number of carbonyl (C=O) groups is 1. The zero-order chi connectivity index (χ0) is 7.28. The average molecular weight is 130 g/mol. The van der Waals surface area contributed by atoms with E-state index in [4.69, 9.17) is 0 Å². The molecule has 4 nitrogen and oxygen atoms in total. The number of hydrogen-bond donors (Lipinski definition) is 1. The highest BCUT2D eigenvalue weighted by molar-refractivity contribution is 5.81. The first-order valence-electron chi connectivity index (χ1n) is 2.66. The van der Waals surface area contributed by atoms with Crippen molar-refractivity contribution < 1.29 is 9.63 Å². The molecule has 0 aromatic carbocycles. The molecule has 0 aliphatic rings. The third-order valence-electron chi connectivity index (χ3n) is 0.803. The van der Waals surface area contributed by atoms with Crippen LogP contribution in [0.15, 0.2) is 5.16 Å². The molecule has 0 fully saturated rings. The molecular weight excluding hydrogens is 120 g/mol. The van der Waals surface area contributed by atoms with Crippen molar-refractivity contribution >= 4 is 11.8 Å². The Hall–Kier alpha value is -1.06. The summed E-state index contributed by atoms with van der Waals surface area (Å²) in [6.07, 6.45) is -0.115. The minimum atomic E-state index is -0.872. The Morgan fingerprint density at radius 1 is 1.78 bits per heavy atom. The number of nitrogens with two attached hydrogens (primary N) is 1. The summed E-state index contributed by atoms with van der Waals surface area (Å²) in [4.78, 5) is 14.0. The van der Waals surface area contributed by atoms with E-state index in [-0.39, 0.29) is 0 Å². The van der Waals surface area contributed by atoms with Gasteiger partial charge in [0.05, 0.1) is 5.71 Å². The monoisotopic (exact) mass is 130 g/mol. The fourth-order valence-corrected chi connectivity index (χ4v) is 0.187. The predicted molar refractivity (Wildman–Crippen MR) is 34.1 cm³/mol. The average Bonchev–Trinajstić information content (AvgIpc) is 1.83. The Morgan fingerprint density at radius 2 is 2.33 bits per heavy atom. The summed E-state index contributed by atoms with van der Waals surface area (Å²) < 4.78 is 0. The first-order valence-corrected chi connectivity index (χ1v) is 2.66. The van der Waals surface area contributed by atoms with Gasteiger partial charge in [-0.15, -0.1) is 0 Å². The normalized spacial score (nSPS) is 11.1. The van der Waals surface area contributed by atoms with Gasteiger partial charge in [-0.2, -0.15) is 0 Å². The highest BCUT2D eigenvalue weighted by Gasteiger charge is 1.89. The van der Waals surface area contributed by atoms with E-state index in [1.54, 1.807) is 6.92 Å². The van der Waals surface area contributed by atoms with Crippen molar-refractivity contribution in [2.45, 2.75) is 20.3 Å². The SMILES string of the molecule is CCC(C)=NOC(N)=O. The largest absolute Gasteiger partial charge is 0.430 e. The molecule has 4 heteroatoms. The second-order valence-electron chi connectivity index (χ2n) is 1.59. The summed E-state index contributed by atoms with van der Waals surface area (Å²) in [6, 6.07) is 0. The molecule has 0 bridgehead atoms. The third kappa shape index (κ3) is 4.80. The highest BCUT2D eigenvalue weighted by atomic mass is 16.7. The van der Waals surface area contributed by atoms with E-state index in [9.17, 15) is 4.79 Å². The van der Waals surface area contributed by atoms with Gasteiger partial charge in [-0.3, -0.25) is 4.84 Å². The van der Waals surface area contributed by atoms with Crippen LogP contribution in [0.4, 0.5) is 4.79 Å². The van der Waals surface area contributed by atoms with E-state index in [0.717, 1.165) is 12.1 Å². The van der Waals surface area contributed by atoms with Crippen LogP contribution in [-0.2, 0) is 4.84 Å². The van der Waals surface area contributed by atoms with E-state index < -0.39 is 6.09 Å². The molecule has 0 atom stereocenters. The summed E-state index contributed by atoms with van der Waals surface area (Å²) in [6.45, 7) is 3.66. The Morgan fingerprint density at radius 3 is 2.67 bits per heavy atom. The van der Waals surface area contributed by atoms with Crippen LogP contribution in [-0.4, -0.2) is 11.8 Å². The molecular formula is C5H10N2O2. The molecule has 9 heavy (non-hydrogen) atoms. The maximum absolute atomic E-state index is 9.91. The first-order chi connectivity index (χ1) is 4.16. The summed E-state index contributed by atoms with van der Waals surface area (Å²) >= 11 is 0. The van der Waals surface area contributed by atoms with Crippen LogP contribution in [0.1, 0.15) is 20.3 Å². The smallest absolute Gasteiger partial charge is 0.333 e. The van der Waals surface area contributed by atoms with E-state index >= 15 is 0 Å². The van der Waals surface area contributed by atoms with Gasteiger partial charge in [-0.05, 0) is 13.3 Å². The van der Waals surface area contributed by atoms with Crippen LogP contribution in [0, 0.1) is 0 Å². The third-order valence-corrected chi connectivity index (χ3v) is 0.803. The van der Waals surface area contributed by atoms with Crippen LogP contribution in [0.25, 0.3) is 0 Å². The van der Waals surface area contributed by atoms with Crippen molar-refractivity contribution in [2.24, 2.45) is 10.9 Å². The molecule has 0 saturated carbocycles. The Bertz CT molecular complexity index is 131. The van der Waals surface area contributed by atoms with E-state index in [2.05, 4.69) is 15.7 Å². The van der Waals surface area contributed by atoms with Gasteiger partial charge in [0, 0.05) is 0 Å². The van der Waals surface area contributed by atoms with Gasteiger partial charge in [-0.1, -0.05) is 12.1 Å². The second kappa shape index (κ2) is 3.88. The molecule has 52 valence electrons.